The lowest BCUT2D eigenvalue weighted by Gasteiger charge is -2.18. The van der Waals surface area contributed by atoms with E-state index in [9.17, 15) is 0 Å². The molecule has 1 aromatic rings. The Morgan fingerprint density at radius 3 is 2.27 bits per heavy atom. The maximum atomic E-state index is 8.93. The summed E-state index contributed by atoms with van der Waals surface area (Å²) in [5.74, 6) is 0.794. The molecule has 0 saturated carbocycles. The maximum Gasteiger partial charge on any atom is 0.145 e. The number of ether oxygens (including phenoxy) is 1. The predicted molar refractivity (Wildman–Crippen MR) is 65.6 cm³/mol. The van der Waals surface area contributed by atoms with Gasteiger partial charge in [0.1, 0.15) is 12.5 Å². The van der Waals surface area contributed by atoms with Crippen LogP contribution in [0.3, 0.4) is 0 Å². The van der Waals surface area contributed by atoms with Gasteiger partial charge in [0.2, 0.25) is 0 Å². The van der Waals surface area contributed by atoms with Crippen molar-refractivity contribution >= 4 is 21.6 Å². The molecule has 0 bridgehead atoms. The van der Waals surface area contributed by atoms with Gasteiger partial charge in [-0.05, 0) is 37.5 Å². The van der Waals surface area contributed by atoms with E-state index < -0.39 is 0 Å². The normalized spacial score (nSPS) is 10.3. The number of aliphatic hydroxyl groups is 1. The monoisotopic (exact) mass is 273 g/mol. The topological polar surface area (TPSA) is 41.5 Å². The van der Waals surface area contributed by atoms with Crippen LogP contribution >= 0.6 is 15.9 Å². The molecule has 0 spiro atoms. The van der Waals surface area contributed by atoms with E-state index in [0.717, 1.165) is 32.6 Å². The first kappa shape index (κ1) is 12.3. The second-order valence-corrected chi connectivity index (χ2v) is 4.23. The fourth-order valence-electron chi connectivity index (χ4n) is 1.63. The highest BCUT2D eigenvalue weighted by atomic mass is 79.9. The second-order valence-electron chi connectivity index (χ2n) is 3.43. The third-order valence-corrected chi connectivity index (χ3v) is 3.81. The van der Waals surface area contributed by atoms with E-state index in [1.54, 1.807) is 7.11 Å². The average molecular weight is 274 g/mol. The molecule has 0 aromatic heterocycles. The van der Waals surface area contributed by atoms with Crippen LogP contribution in [0.4, 0.5) is 5.69 Å². The van der Waals surface area contributed by atoms with Gasteiger partial charge < -0.3 is 15.2 Å². The zero-order chi connectivity index (χ0) is 11.6. The Morgan fingerprint density at radius 2 is 1.80 bits per heavy atom. The van der Waals surface area contributed by atoms with Crippen molar-refractivity contribution in [3.63, 3.8) is 0 Å². The number of aliphatic hydroxyl groups excluding tert-OH is 1. The molecule has 0 unspecified atom stereocenters. The van der Waals surface area contributed by atoms with Gasteiger partial charge in [0.25, 0.3) is 0 Å². The fourth-order valence-corrected chi connectivity index (χ4v) is 2.13. The van der Waals surface area contributed by atoms with E-state index in [1.165, 1.54) is 0 Å². The molecule has 0 heterocycles. The summed E-state index contributed by atoms with van der Waals surface area (Å²) < 4.78 is 6.40. The Bertz CT molecular complexity index is 378. The van der Waals surface area contributed by atoms with Crippen LogP contribution in [0.1, 0.15) is 16.7 Å². The van der Waals surface area contributed by atoms with Crippen LogP contribution in [0, 0.1) is 20.8 Å². The van der Waals surface area contributed by atoms with E-state index in [0.29, 0.717) is 0 Å². The first-order valence-electron chi connectivity index (χ1n) is 4.72. The molecule has 0 aliphatic heterocycles. The quantitative estimate of drug-likeness (QED) is 0.833. The maximum absolute atomic E-state index is 8.93. The number of rotatable bonds is 3. The van der Waals surface area contributed by atoms with Crippen LogP contribution in [-0.4, -0.2) is 18.9 Å². The molecule has 0 saturated heterocycles. The number of benzene rings is 1. The second kappa shape index (κ2) is 4.86. The molecule has 0 radical (unpaired) electrons. The van der Waals surface area contributed by atoms with Crippen molar-refractivity contribution in [2.45, 2.75) is 20.8 Å². The number of hydrogen-bond acceptors (Lipinski definition) is 3. The Hall–Kier alpha value is -0.740. The highest BCUT2D eigenvalue weighted by Crippen LogP contribution is 2.39. The molecular formula is C11H16BrNO2. The number of anilines is 1. The molecule has 0 amide bonds. The van der Waals surface area contributed by atoms with Gasteiger partial charge in [-0.3, -0.25) is 0 Å². The van der Waals surface area contributed by atoms with Crippen molar-refractivity contribution in [2.75, 3.05) is 19.2 Å². The standard InChI is InChI=1S/C11H16BrNO2/c1-6-7(2)11(15-4)10(13-5-14)8(3)9(6)12/h13-14H,5H2,1-4H3. The summed E-state index contributed by atoms with van der Waals surface area (Å²) in [6, 6.07) is 0. The first-order valence-corrected chi connectivity index (χ1v) is 5.51. The molecule has 3 nitrogen and oxygen atoms in total. The van der Waals surface area contributed by atoms with Crippen molar-refractivity contribution < 1.29 is 9.84 Å². The predicted octanol–water partition coefficient (Wildman–Crippen LogP) is 2.74. The zero-order valence-corrected chi connectivity index (χ0v) is 11.0. The Labute approximate surface area is 98.6 Å². The minimum atomic E-state index is -0.105. The largest absolute Gasteiger partial charge is 0.494 e. The summed E-state index contributed by atoms with van der Waals surface area (Å²) in [6.07, 6.45) is 0. The minimum absolute atomic E-state index is 0.105. The molecular weight excluding hydrogens is 258 g/mol. The number of nitrogens with one attached hydrogen (secondary N) is 1. The lowest BCUT2D eigenvalue weighted by Crippen LogP contribution is -2.06. The van der Waals surface area contributed by atoms with Crippen LogP contribution < -0.4 is 10.1 Å². The third-order valence-electron chi connectivity index (χ3n) is 2.62. The van der Waals surface area contributed by atoms with Gasteiger partial charge >= 0.3 is 0 Å². The van der Waals surface area contributed by atoms with Gasteiger partial charge in [0, 0.05) is 4.47 Å². The summed E-state index contributed by atoms with van der Waals surface area (Å²) in [7, 11) is 1.64. The Balaban J connectivity index is 3.47. The summed E-state index contributed by atoms with van der Waals surface area (Å²) in [4.78, 5) is 0. The van der Waals surface area contributed by atoms with E-state index >= 15 is 0 Å². The lowest BCUT2D eigenvalue weighted by molar-refractivity contribution is 0.324. The van der Waals surface area contributed by atoms with Gasteiger partial charge in [-0.2, -0.15) is 0 Å². The van der Waals surface area contributed by atoms with Crippen LogP contribution in [0.5, 0.6) is 5.75 Å². The number of hydrogen-bond donors (Lipinski definition) is 2. The Morgan fingerprint density at radius 1 is 1.20 bits per heavy atom. The van der Waals surface area contributed by atoms with Gasteiger partial charge in [0.05, 0.1) is 12.8 Å². The fraction of sp³-hybridized carbons (Fsp3) is 0.455. The van der Waals surface area contributed by atoms with Gasteiger partial charge in [-0.25, -0.2) is 0 Å². The summed E-state index contributed by atoms with van der Waals surface area (Å²) >= 11 is 3.54. The third kappa shape index (κ3) is 2.11. The zero-order valence-electron chi connectivity index (χ0n) is 9.44. The van der Waals surface area contributed by atoms with Crippen molar-refractivity contribution in [1.29, 1.82) is 0 Å². The number of methoxy groups -OCH3 is 1. The van der Waals surface area contributed by atoms with E-state index in [4.69, 9.17) is 9.84 Å². The molecule has 0 aliphatic carbocycles. The summed E-state index contributed by atoms with van der Waals surface area (Å²) in [5, 5.41) is 11.8. The summed E-state index contributed by atoms with van der Waals surface area (Å²) in [6.45, 7) is 5.92. The van der Waals surface area contributed by atoms with Gasteiger partial charge in [-0.1, -0.05) is 15.9 Å². The van der Waals surface area contributed by atoms with Crippen LogP contribution in [0.25, 0.3) is 0 Å². The molecule has 1 rings (SSSR count). The molecule has 0 fully saturated rings. The first-order chi connectivity index (χ1) is 7.04. The average Bonchev–Trinajstić information content (AvgIpc) is 2.24. The molecule has 2 N–H and O–H groups in total. The van der Waals surface area contributed by atoms with Crippen molar-refractivity contribution in [3.05, 3.63) is 21.2 Å². The van der Waals surface area contributed by atoms with Crippen molar-refractivity contribution in [1.82, 2.24) is 0 Å². The smallest absolute Gasteiger partial charge is 0.145 e. The van der Waals surface area contributed by atoms with E-state index in [1.807, 2.05) is 20.8 Å². The minimum Gasteiger partial charge on any atom is -0.494 e. The SMILES string of the molecule is COc1c(C)c(C)c(Br)c(C)c1NCO. The van der Waals surface area contributed by atoms with Crippen molar-refractivity contribution in [3.8, 4) is 5.75 Å². The molecule has 15 heavy (non-hydrogen) atoms. The number of halogens is 1. The lowest BCUT2D eigenvalue weighted by atomic mass is 10.0. The molecule has 84 valence electrons. The highest BCUT2D eigenvalue weighted by Gasteiger charge is 2.15. The van der Waals surface area contributed by atoms with Gasteiger partial charge in [-0.15, -0.1) is 0 Å². The molecule has 1 aromatic carbocycles. The molecule has 0 aliphatic rings. The van der Waals surface area contributed by atoms with Crippen LogP contribution in [-0.2, 0) is 0 Å². The summed E-state index contributed by atoms with van der Waals surface area (Å²) in [5.41, 5.74) is 4.12. The van der Waals surface area contributed by atoms with Crippen molar-refractivity contribution in [2.24, 2.45) is 0 Å². The Kier molecular flexibility index (Phi) is 3.99. The van der Waals surface area contributed by atoms with Crippen LogP contribution in [0.2, 0.25) is 0 Å². The molecule has 0 atom stereocenters. The van der Waals surface area contributed by atoms with E-state index in [-0.39, 0.29) is 6.73 Å². The van der Waals surface area contributed by atoms with E-state index in [2.05, 4.69) is 21.2 Å². The molecule has 4 heteroatoms. The highest BCUT2D eigenvalue weighted by molar-refractivity contribution is 9.10. The van der Waals surface area contributed by atoms with Gasteiger partial charge in [0.15, 0.2) is 0 Å². The van der Waals surface area contributed by atoms with Crippen LogP contribution in [0.15, 0.2) is 4.47 Å².